The molecule has 5 nitrogen and oxygen atoms in total. The number of hydrogen-bond acceptors (Lipinski definition) is 4. The second-order valence-electron chi connectivity index (χ2n) is 5.53. The average Bonchev–Trinajstić information content (AvgIpc) is 2.67. The van der Waals surface area contributed by atoms with E-state index in [2.05, 4.69) is 22.8 Å². The van der Waals surface area contributed by atoms with Crippen molar-refractivity contribution in [2.75, 3.05) is 25.4 Å². The Morgan fingerprint density at radius 1 is 1.00 bits per heavy atom. The van der Waals surface area contributed by atoms with Crippen LogP contribution in [0.15, 0.2) is 54.6 Å². The van der Waals surface area contributed by atoms with E-state index in [1.54, 1.807) is 36.0 Å². The summed E-state index contributed by atoms with van der Waals surface area (Å²) in [6, 6.07) is 17.0. The van der Waals surface area contributed by atoms with Gasteiger partial charge in [0.15, 0.2) is 0 Å². The standard InChI is InChI=1S/C20H24N2O3S/c1-2-25-18-10-8-17(9-11-18)20(24)22-14-19(23)21-12-13-26-15-16-6-4-3-5-7-16/h3-11H,2,12-15H2,1H3,(H,21,23)(H,22,24). The number of carbonyl (C=O) groups is 2. The molecule has 2 N–H and O–H groups in total. The minimum absolute atomic E-state index is 0.0323. The molecule has 0 heterocycles. The van der Waals surface area contributed by atoms with Crippen molar-refractivity contribution in [2.24, 2.45) is 0 Å². The lowest BCUT2D eigenvalue weighted by Gasteiger charge is -2.08. The molecule has 0 fully saturated rings. The molecule has 138 valence electrons. The lowest BCUT2D eigenvalue weighted by Crippen LogP contribution is -2.37. The number of benzene rings is 2. The maximum atomic E-state index is 12.0. The number of hydrogen-bond donors (Lipinski definition) is 2. The summed E-state index contributed by atoms with van der Waals surface area (Å²) in [5.41, 5.74) is 1.77. The molecule has 0 saturated carbocycles. The van der Waals surface area contributed by atoms with Crippen LogP contribution in [0.1, 0.15) is 22.8 Å². The number of carbonyl (C=O) groups excluding carboxylic acids is 2. The maximum absolute atomic E-state index is 12.0. The van der Waals surface area contributed by atoms with Crippen LogP contribution < -0.4 is 15.4 Å². The Hall–Kier alpha value is -2.47. The van der Waals surface area contributed by atoms with Gasteiger partial charge in [0.25, 0.3) is 5.91 Å². The van der Waals surface area contributed by atoms with Crippen LogP contribution in [0.4, 0.5) is 0 Å². The Bertz CT molecular complexity index is 690. The first-order valence-corrected chi connectivity index (χ1v) is 9.74. The van der Waals surface area contributed by atoms with Crippen molar-refractivity contribution < 1.29 is 14.3 Å². The zero-order valence-corrected chi connectivity index (χ0v) is 15.7. The second-order valence-corrected chi connectivity index (χ2v) is 6.63. The molecular formula is C20H24N2O3S. The molecule has 2 amide bonds. The topological polar surface area (TPSA) is 67.4 Å². The van der Waals surface area contributed by atoms with Gasteiger partial charge in [0.2, 0.25) is 5.91 Å². The predicted octanol–water partition coefficient (Wildman–Crippen LogP) is 2.86. The van der Waals surface area contributed by atoms with Crippen LogP contribution in [-0.4, -0.2) is 37.3 Å². The molecule has 0 aliphatic heterocycles. The van der Waals surface area contributed by atoms with Crippen LogP contribution >= 0.6 is 11.8 Å². The summed E-state index contributed by atoms with van der Waals surface area (Å²) in [6.07, 6.45) is 0. The van der Waals surface area contributed by atoms with E-state index in [4.69, 9.17) is 4.74 Å². The van der Waals surface area contributed by atoms with Gasteiger partial charge in [-0.05, 0) is 36.8 Å². The SMILES string of the molecule is CCOc1ccc(C(=O)NCC(=O)NCCSCc2ccccc2)cc1. The average molecular weight is 372 g/mol. The Labute approximate surface area is 158 Å². The molecule has 0 aliphatic rings. The molecule has 0 saturated heterocycles. The highest BCUT2D eigenvalue weighted by atomic mass is 32.2. The van der Waals surface area contributed by atoms with E-state index in [1.807, 2.05) is 25.1 Å². The van der Waals surface area contributed by atoms with Crippen LogP contribution in [0.3, 0.4) is 0 Å². The lowest BCUT2D eigenvalue weighted by atomic mass is 10.2. The van der Waals surface area contributed by atoms with Gasteiger partial charge in [0.1, 0.15) is 5.75 Å². The summed E-state index contributed by atoms with van der Waals surface area (Å²) in [7, 11) is 0. The van der Waals surface area contributed by atoms with Crippen molar-refractivity contribution in [2.45, 2.75) is 12.7 Å². The van der Waals surface area contributed by atoms with Gasteiger partial charge in [0, 0.05) is 23.6 Å². The van der Waals surface area contributed by atoms with Crippen molar-refractivity contribution in [1.82, 2.24) is 10.6 Å². The van der Waals surface area contributed by atoms with Gasteiger partial charge in [-0.1, -0.05) is 30.3 Å². The summed E-state index contributed by atoms with van der Waals surface area (Å²) in [5.74, 6) is 2.00. The molecule has 2 rings (SSSR count). The molecule has 0 atom stereocenters. The zero-order valence-electron chi connectivity index (χ0n) is 14.9. The van der Waals surface area contributed by atoms with E-state index in [9.17, 15) is 9.59 Å². The quantitative estimate of drug-likeness (QED) is 0.630. The van der Waals surface area contributed by atoms with Crippen LogP contribution in [0.25, 0.3) is 0 Å². The maximum Gasteiger partial charge on any atom is 0.251 e. The van der Waals surface area contributed by atoms with Gasteiger partial charge in [-0.3, -0.25) is 9.59 Å². The van der Waals surface area contributed by atoms with Crippen molar-refractivity contribution in [3.8, 4) is 5.75 Å². The van der Waals surface area contributed by atoms with Gasteiger partial charge in [-0.15, -0.1) is 0 Å². The first kappa shape index (κ1) is 19.8. The summed E-state index contributed by atoms with van der Waals surface area (Å²) in [4.78, 5) is 23.8. The van der Waals surface area contributed by atoms with Gasteiger partial charge in [0.05, 0.1) is 13.2 Å². The molecule has 0 spiro atoms. The number of ether oxygens (including phenoxy) is 1. The molecule has 0 bridgehead atoms. The largest absolute Gasteiger partial charge is 0.494 e. The number of thioether (sulfide) groups is 1. The third kappa shape index (κ3) is 7.19. The lowest BCUT2D eigenvalue weighted by molar-refractivity contribution is -0.120. The van der Waals surface area contributed by atoms with E-state index in [0.29, 0.717) is 18.7 Å². The monoisotopic (exact) mass is 372 g/mol. The molecule has 0 aromatic heterocycles. The third-order valence-corrected chi connectivity index (χ3v) is 4.55. The van der Waals surface area contributed by atoms with Gasteiger partial charge in [-0.2, -0.15) is 11.8 Å². The van der Waals surface area contributed by atoms with E-state index < -0.39 is 0 Å². The molecule has 0 unspecified atom stereocenters. The third-order valence-electron chi connectivity index (χ3n) is 3.52. The minimum atomic E-state index is -0.276. The molecule has 0 aliphatic carbocycles. The number of nitrogens with one attached hydrogen (secondary N) is 2. The molecule has 26 heavy (non-hydrogen) atoms. The summed E-state index contributed by atoms with van der Waals surface area (Å²) >= 11 is 1.76. The highest BCUT2D eigenvalue weighted by Crippen LogP contribution is 2.12. The summed E-state index contributed by atoms with van der Waals surface area (Å²) in [5, 5.41) is 5.43. The smallest absolute Gasteiger partial charge is 0.251 e. The molecule has 6 heteroatoms. The van der Waals surface area contributed by atoms with E-state index in [-0.39, 0.29) is 18.4 Å². The fraction of sp³-hybridized carbons (Fsp3) is 0.300. The Balaban J connectivity index is 1.59. The van der Waals surface area contributed by atoms with Crippen LogP contribution in [0.5, 0.6) is 5.75 Å². The van der Waals surface area contributed by atoms with Crippen LogP contribution in [0, 0.1) is 0 Å². The van der Waals surface area contributed by atoms with Crippen LogP contribution in [-0.2, 0) is 10.5 Å². The summed E-state index contributed by atoms with van der Waals surface area (Å²) < 4.78 is 5.33. The van der Waals surface area contributed by atoms with Crippen molar-refractivity contribution in [3.05, 3.63) is 65.7 Å². The fourth-order valence-electron chi connectivity index (χ4n) is 2.22. The predicted molar refractivity (Wildman–Crippen MR) is 106 cm³/mol. The van der Waals surface area contributed by atoms with E-state index in [0.717, 1.165) is 17.3 Å². The molecular weight excluding hydrogens is 348 g/mol. The van der Waals surface area contributed by atoms with Crippen LogP contribution in [0.2, 0.25) is 0 Å². The number of amides is 2. The summed E-state index contributed by atoms with van der Waals surface area (Å²) in [6.45, 7) is 3.03. The minimum Gasteiger partial charge on any atom is -0.494 e. The Morgan fingerprint density at radius 2 is 1.73 bits per heavy atom. The fourth-order valence-corrected chi connectivity index (χ4v) is 3.04. The highest BCUT2D eigenvalue weighted by molar-refractivity contribution is 7.98. The normalized spacial score (nSPS) is 10.2. The molecule has 0 radical (unpaired) electrons. The van der Waals surface area contributed by atoms with Crippen molar-refractivity contribution in [1.29, 1.82) is 0 Å². The Morgan fingerprint density at radius 3 is 2.42 bits per heavy atom. The first-order chi connectivity index (χ1) is 12.7. The zero-order chi connectivity index (χ0) is 18.6. The van der Waals surface area contributed by atoms with Crippen molar-refractivity contribution in [3.63, 3.8) is 0 Å². The Kier molecular flexibility index (Phi) is 8.55. The van der Waals surface area contributed by atoms with E-state index in [1.165, 1.54) is 5.56 Å². The van der Waals surface area contributed by atoms with E-state index >= 15 is 0 Å². The van der Waals surface area contributed by atoms with Crippen molar-refractivity contribution >= 4 is 23.6 Å². The molecule has 2 aromatic rings. The highest BCUT2D eigenvalue weighted by Gasteiger charge is 2.08. The second kappa shape index (κ2) is 11.2. The molecule has 2 aromatic carbocycles. The number of rotatable bonds is 10. The van der Waals surface area contributed by atoms with Gasteiger partial charge in [-0.25, -0.2) is 0 Å². The first-order valence-electron chi connectivity index (χ1n) is 8.58. The van der Waals surface area contributed by atoms with Gasteiger partial charge >= 0.3 is 0 Å². The van der Waals surface area contributed by atoms with Gasteiger partial charge < -0.3 is 15.4 Å².